The van der Waals surface area contributed by atoms with Crippen LogP contribution < -0.4 is 24.8 Å². The van der Waals surface area contributed by atoms with Gasteiger partial charge in [0.05, 0.1) is 17.1 Å². The minimum Gasteiger partial charge on any atom is -0.486 e. The van der Waals surface area contributed by atoms with Gasteiger partial charge in [-0.1, -0.05) is 0 Å². The number of aryl methyl sites for hydroxylation is 1. The van der Waals surface area contributed by atoms with E-state index in [1.54, 1.807) is 25.1 Å². The van der Waals surface area contributed by atoms with Crippen molar-refractivity contribution in [1.82, 2.24) is 4.31 Å². The lowest BCUT2D eigenvalue weighted by Crippen LogP contribution is -2.35. The van der Waals surface area contributed by atoms with Crippen LogP contribution in [0.5, 0.6) is 17.2 Å². The number of anilines is 2. The topological polar surface area (TPSA) is 123 Å². The Morgan fingerprint density at radius 3 is 2.61 bits per heavy atom. The fourth-order valence-electron chi connectivity index (χ4n) is 3.27. The first-order valence-electron chi connectivity index (χ1n) is 9.47. The van der Waals surface area contributed by atoms with Crippen LogP contribution in [0.15, 0.2) is 35.2 Å². The van der Waals surface area contributed by atoms with E-state index in [0.717, 1.165) is 4.31 Å². The summed E-state index contributed by atoms with van der Waals surface area (Å²) < 4.78 is 43.3. The highest BCUT2D eigenvalue weighted by atomic mass is 32.2. The number of rotatable bonds is 5. The summed E-state index contributed by atoms with van der Waals surface area (Å²) in [5, 5.41) is 5.30. The second-order valence-electron chi connectivity index (χ2n) is 7.12. The molecule has 164 valence electrons. The van der Waals surface area contributed by atoms with Crippen molar-refractivity contribution < 1.29 is 32.2 Å². The molecule has 0 aromatic heterocycles. The fraction of sp³-hybridized carbons (Fsp3) is 0.300. The van der Waals surface area contributed by atoms with Crippen LogP contribution in [0.1, 0.15) is 5.56 Å². The maximum atomic E-state index is 13.0. The van der Waals surface area contributed by atoms with E-state index >= 15 is 0 Å². The Labute approximate surface area is 179 Å². The van der Waals surface area contributed by atoms with Crippen molar-refractivity contribution in [2.75, 3.05) is 44.0 Å². The van der Waals surface area contributed by atoms with E-state index in [9.17, 15) is 18.0 Å². The summed E-state index contributed by atoms with van der Waals surface area (Å²) in [6, 6.07) is 7.84. The molecule has 0 unspecified atom stereocenters. The van der Waals surface area contributed by atoms with Crippen molar-refractivity contribution in [3.63, 3.8) is 0 Å². The van der Waals surface area contributed by atoms with Crippen molar-refractivity contribution in [3.05, 3.63) is 35.9 Å². The SMILES string of the molecule is Cc1cc2c(cc1S(=O)(=O)N(C)CC(=O)Nc1ccc3c(c1)OCCO3)OCC(=O)N2. The van der Waals surface area contributed by atoms with Gasteiger partial charge in [-0.3, -0.25) is 9.59 Å². The van der Waals surface area contributed by atoms with E-state index in [1.807, 2.05) is 0 Å². The Kier molecular flexibility index (Phi) is 5.46. The molecule has 2 heterocycles. The van der Waals surface area contributed by atoms with Crippen molar-refractivity contribution >= 4 is 33.2 Å². The zero-order valence-electron chi connectivity index (χ0n) is 16.9. The fourth-order valence-corrected chi connectivity index (χ4v) is 4.62. The van der Waals surface area contributed by atoms with Gasteiger partial charge in [-0.2, -0.15) is 4.31 Å². The molecule has 31 heavy (non-hydrogen) atoms. The highest BCUT2D eigenvalue weighted by Gasteiger charge is 2.28. The average molecular weight is 447 g/mol. The summed E-state index contributed by atoms with van der Waals surface area (Å²) in [5.74, 6) is 0.544. The van der Waals surface area contributed by atoms with E-state index in [-0.39, 0.29) is 23.2 Å². The molecule has 4 rings (SSSR count). The number of amides is 2. The predicted molar refractivity (Wildman–Crippen MR) is 111 cm³/mol. The first kappa shape index (κ1) is 20.9. The molecule has 0 aliphatic carbocycles. The van der Waals surface area contributed by atoms with Crippen molar-refractivity contribution in [2.24, 2.45) is 0 Å². The molecule has 2 amide bonds. The number of ether oxygens (including phenoxy) is 3. The average Bonchev–Trinajstić information content (AvgIpc) is 2.72. The summed E-state index contributed by atoms with van der Waals surface area (Å²) in [7, 11) is -2.66. The number of benzene rings is 2. The lowest BCUT2D eigenvalue weighted by Gasteiger charge is -2.22. The first-order chi connectivity index (χ1) is 14.7. The van der Waals surface area contributed by atoms with Gasteiger partial charge in [0.2, 0.25) is 15.9 Å². The minimum absolute atomic E-state index is 0.00275. The van der Waals surface area contributed by atoms with Crippen molar-refractivity contribution in [1.29, 1.82) is 0 Å². The normalized spacial score (nSPS) is 15.0. The van der Waals surface area contributed by atoms with Gasteiger partial charge in [0.25, 0.3) is 5.91 Å². The zero-order chi connectivity index (χ0) is 22.2. The summed E-state index contributed by atoms with van der Waals surface area (Å²) in [6.45, 7) is 1.89. The standard InChI is InChI=1S/C20H21N3O7S/c1-12-7-14-16(30-11-20(25)22-14)9-18(12)31(26,27)23(2)10-19(24)21-13-3-4-15-17(8-13)29-6-5-28-15/h3-4,7-9H,5-6,10-11H2,1-2H3,(H,21,24)(H,22,25). The Bertz CT molecular complexity index is 1160. The molecule has 2 aliphatic heterocycles. The number of sulfonamides is 1. The number of carbonyl (C=O) groups is 2. The Hall–Kier alpha value is -3.31. The second kappa shape index (κ2) is 8.08. The Morgan fingerprint density at radius 1 is 1.10 bits per heavy atom. The highest BCUT2D eigenvalue weighted by Crippen LogP contribution is 2.34. The van der Waals surface area contributed by atoms with Crippen LogP contribution in [-0.4, -0.2) is 58.0 Å². The van der Waals surface area contributed by atoms with Crippen LogP contribution in [0.4, 0.5) is 11.4 Å². The maximum absolute atomic E-state index is 13.0. The molecule has 0 spiro atoms. The number of fused-ring (bicyclic) bond motifs is 2. The Balaban J connectivity index is 1.48. The van der Waals surface area contributed by atoms with Crippen molar-refractivity contribution in [3.8, 4) is 17.2 Å². The molecule has 11 heteroatoms. The molecule has 2 aromatic rings. The molecule has 0 saturated carbocycles. The largest absolute Gasteiger partial charge is 0.486 e. The number of nitrogens with zero attached hydrogens (tertiary/aromatic N) is 1. The minimum atomic E-state index is -3.98. The van der Waals surface area contributed by atoms with E-state index in [1.165, 1.54) is 19.2 Å². The molecule has 2 aromatic carbocycles. The molecule has 0 atom stereocenters. The van der Waals surface area contributed by atoms with Gasteiger partial charge in [-0.25, -0.2) is 8.42 Å². The molecule has 0 saturated heterocycles. The second-order valence-corrected chi connectivity index (χ2v) is 9.13. The number of hydrogen-bond donors (Lipinski definition) is 2. The van der Waals surface area contributed by atoms with Crippen LogP contribution in [0, 0.1) is 6.92 Å². The lowest BCUT2D eigenvalue weighted by molar-refractivity contribution is -0.118. The monoisotopic (exact) mass is 447 g/mol. The molecule has 2 N–H and O–H groups in total. The Morgan fingerprint density at radius 2 is 1.84 bits per heavy atom. The number of hydrogen-bond acceptors (Lipinski definition) is 7. The molecular formula is C20H21N3O7S. The summed E-state index contributed by atoms with van der Waals surface area (Å²) in [4.78, 5) is 23.9. The summed E-state index contributed by atoms with van der Waals surface area (Å²) >= 11 is 0. The molecule has 10 nitrogen and oxygen atoms in total. The smallest absolute Gasteiger partial charge is 0.262 e. The number of nitrogens with one attached hydrogen (secondary N) is 2. The van der Waals surface area contributed by atoms with E-state index in [4.69, 9.17) is 14.2 Å². The van der Waals surface area contributed by atoms with Crippen LogP contribution in [0.3, 0.4) is 0 Å². The van der Waals surface area contributed by atoms with E-state index in [0.29, 0.717) is 41.7 Å². The molecule has 0 radical (unpaired) electrons. The first-order valence-corrected chi connectivity index (χ1v) is 10.9. The third-order valence-electron chi connectivity index (χ3n) is 4.79. The van der Waals surface area contributed by atoms with E-state index < -0.39 is 22.5 Å². The van der Waals surface area contributed by atoms with Gasteiger partial charge in [0.1, 0.15) is 19.0 Å². The third-order valence-corrected chi connectivity index (χ3v) is 6.74. The maximum Gasteiger partial charge on any atom is 0.262 e. The number of carbonyl (C=O) groups excluding carboxylic acids is 2. The van der Waals surface area contributed by atoms with E-state index in [2.05, 4.69) is 10.6 Å². The molecular weight excluding hydrogens is 426 g/mol. The summed E-state index contributed by atoms with van der Waals surface area (Å²) in [5.41, 5.74) is 1.30. The van der Waals surface area contributed by atoms with Crippen LogP contribution >= 0.6 is 0 Å². The summed E-state index contributed by atoms with van der Waals surface area (Å²) in [6.07, 6.45) is 0. The van der Waals surface area contributed by atoms with Gasteiger partial charge < -0.3 is 24.8 Å². The molecule has 2 aliphatic rings. The molecule has 0 fully saturated rings. The third kappa shape index (κ3) is 4.28. The predicted octanol–water partition coefficient (Wildman–Crippen LogP) is 1.36. The van der Waals surface area contributed by atoms with Crippen LogP contribution in [0.2, 0.25) is 0 Å². The van der Waals surface area contributed by atoms with Gasteiger partial charge in [-0.05, 0) is 30.7 Å². The van der Waals surface area contributed by atoms with Gasteiger partial charge in [0, 0.05) is 24.9 Å². The lowest BCUT2D eigenvalue weighted by atomic mass is 10.2. The van der Waals surface area contributed by atoms with Gasteiger partial charge in [0.15, 0.2) is 18.1 Å². The van der Waals surface area contributed by atoms with Gasteiger partial charge >= 0.3 is 0 Å². The zero-order valence-corrected chi connectivity index (χ0v) is 17.7. The molecule has 0 bridgehead atoms. The van der Waals surface area contributed by atoms with Crippen LogP contribution in [-0.2, 0) is 19.6 Å². The van der Waals surface area contributed by atoms with Crippen LogP contribution in [0.25, 0.3) is 0 Å². The highest BCUT2D eigenvalue weighted by molar-refractivity contribution is 7.89. The van der Waals surface area contributed by atoms with Crippen molar-refractivity contribution in [2.45, 2.75) is 11.8 Å². The van der Waals surface area contributed by atoms with Gasteiger partial charge in [-0.15, -0.1) is 0 Å². The quantitative estimate of drug-likeness (QED) is 0.709. The number of likely N-dealkylation sites (N-methyl/N-ethyl adjacent to an activating group) is 1.